The van der Waals surface area contributed by atoms with Crippen LogP contribution in [0.15, 0.2) is 72.8 Å². The van der Waals surface area contributed by atoms with Crippen molar-refractivity contribution in [2.45, 2.75) is 12.3 Å². The number of halogens is 1. The SMILES string of the molecule is COc1ccc(CNC(=O)[C@@]2(O)c3ccccc3NC(=O)N2c2ccc(Cl)cc2)cc1. The van der Waals surface area contributed by atoms with Gasteiger partial charge in [0.2, 0.25) is 0 Å². The Balaban J connectivity index is 1.70. The zero-order valence-electron chi connectivity index (χ0n) is 16.6. The van der Waals surface area contributed by atoms with Gasteiger partial charge >= 0.3 is 6.03 Å². The van der Waals surface area contributed by atoms with E-state index >= 15 is 0 Å². The summed E-state index contributed by atoms with van der Waals surface area (Å²) in [6.45, 7) is 0.156. The molecule has 0 aromatic heterocycles. The van der Waals surface area contributed by atoms with Gasteiger partial charge in [-0.1, -0.05) is 41.9 Å². The van der Waals surface area contributed by atoms with Gasteiger partial charge in [0, 0.05) is 22.8 Å². The molecule has 8 heteroatoms. The van der Waals surface area contributed by atoms with Crippen LogP contribution in [-0.4, -0.2) is 24.2 Å². The molecule has 1 heterocycles. The number of rotatable bonds is 5. The quantitative estimate of drug-likeness (QED) is 0.565. The molecule has 0 bridgehead atoms. The van der Waals surface area contributed by atoms with Crippen LogP contribution < -0.4 is 20.3 Å². The van der Waals surface area contributed by atoms with Gasteiger partial charge in [-0.15, -0.1) is 0 Å². The molecule has 3 amide bonds. The van der Waals surface area contributed by atoms with Crippen LogP contribution in [0.3, 0.4) is 0 Å². The maximum Gasteiger partial charge on any atom is 0.329 e. The van der Waals surface area contributed by atoms with E-state index < -0.39 is 17.7 Å². The van der Waals surface area contributed by atoms with E-state index in [0.717, 1.165) is 10.5 Å². The molecule has 0 spiro atoms. The topological polar surface area (TPSA) is 90.9 Å². The van der Waals surface area contributed by atoms with Crippen LogP contribution in [0.2, 0.25) is 5.02 Å². The molecule has 4 rings (SSSR count). The number of hydrogen-bond donors (Lipinski definition) is 3. The number of anilines is 2. The number of hydrogen-bond acceptors (Lipinski definition) is 4. The summed E-state index contributed by atoms with van der Waals surface area (Å²) in [5.74, 6) is -0.0407. The summed E-state index contributed by atoms with van der Waals surface area (Å²) in [5.41, 5.74) is -0.515. The van der Waals surface area contributed by atoms with E-state index in [1.54, 1.807) is 67.8 Å². The second-order valence-corrected chi connectivity index (χ2v) is 7.43. The highest BCUT2D eigenvalue weighted by atomic mass is 35.5. The Morgan fingerprint density at radius 1 is 1.10 bits per heavy atom. The zero-order chi connectivity index (χ0) is 22.0. The van der Waals surface area contributed by atoms with Crippen LogP contribution in [0.25, 0.3) is 0 Å². The van der Waals surface area contributed by atoms with Crippen LogP contribution in [-0.2, 0) is 17.1 Å². The molecule has 3 aromatic carbocycles. The Morgan fingerprint density at radius 3 is 2.45 bits per heavy atom. The van der Waals surface area contributed by atoms with Crippen molar-refractivity contribution >= 4 is 34.9 Å². The van der Waals surface area contributed by atoms with Crippen LogP contribution in [0.4, 0.5) is 16.2 Å². The zero-order valence-corrected chi connectivity index (χ0v) is 17.4. The Labute approximate surface area is 184 Å². The van der Waals surface area contributed by atoms with Crippen LogP contribution in [0.5, 0.6) is 5.75 Å². The summed E-state index contributed by atoms with van der Waals surface area (Å²) >= 11 is 5.97. The van der Waals surface area contributed by atoms with Gasteiger partial charge in [-0.2, -0.15) is 0 Å². The monoisotopic (exact) mass is 437 g/mol. The molecule has 0 radical (unpaired) electrons. The van der Waals surface area contributed by atoms with Crippen molar-refractivity contribution in [2.75, 3.05) is 17.3 Å². The van der Waals surface area contributed by atoms with Crippen molar-refractivity contribution in [3.05, 3.63) is 88.9 Å². The lowest BCUT2D eigenvalue weighted by molar-refractivity contribution is -0.140. The number of ether oxygens (including phenoxy) is 1. The minimum atomic E-state index is -2.26. The molecule has 0 unspecified atom stereocenters. The molecule has 3 N–H and O–H groups in total. The van der Waals surface area contributed by atoms with E-state index in [4.69, 9.17) is 16.3 Å². The fraction of sp³-hybridized carbons (Fsp3) is 0.130. The number of para-hydroxylation sites is 1. The van der Waals surface area contributed by atoms with E-state index in [1.165, 1.54) is 0 Å². The van der Waals surface area contributed by atoms with E-state index in [9.17, 15) is 14.7 Å². The number of carbonyl (C=O) groups excluding carboxylic acids is 2. The molecule has 1 atom stereocenters. The Hall–Kier alpha value is -3.55. The summed E-state index contributed by atoms with van der Waals surface area (Å²) in [6.07, 6.45) is 0. The predicted molar refractivity (Wildman–Crippen MR) is 118 cm³/mol. The number of nitrogens with zero attached hydrogens (tertiary/aromatic N) is 1. The summed E-state index contributed by atoms with van der Waals surface area (Å²) in [4.78, 5) is 27.3. The molecule has 1 aliphatic rings. The van der Waals surface area contributed by atoms with Crippen molar-refractivity contribution in [1.82, 2.24) is 5.32 Å². The third kappa shape index (κ3) is 3.81. The Morgan fingerprint density at radius 2 is 1.77 bits per heavy atom. The van der Waals surface area contributed by atoms with Crippen LogP contribution in [0, 0.1) is 0 Å². The molecule has 0 saturated heterocycles. The lowest BCUT2D eigenvalue weighted by Crippen LogP contribution is -2.62. The number of benzene rings is 3. The molecule has 0 aliphatic carbocycles. The van der Waals surface area contributed by atoms with Gasteiger partial charge in [0.1, 0.15) is 5.75 Å². The van der Waals surface area contributed by atoms with E-state index in [1.807, 2.05) is 12.1 Å². The molecule has 31 heavy (non-hydrogen) atoms. The van der Waals surface area contributed by atoms with Gasteiger partial charge in [0.25, 0.3) is 11.6 Å². The van der Waals surface area contributed by atoms with E-state index in [-0.39, 0.29) is 12.1 Å². The predicted octanol–water partition coefficient (Wildman–Crippen LogP) is 3.86. The third-order valence-corrected chi connectivity index (χ3v) is 5.34. The van der Waals surface area contributed by atoms with Gasteiger partial charge < -0.3 is 20.5 Å². The standard InChI is InChI=1S/C23H20ClN3O4/c1-31-18-12-6-15(7-13-18)14-25-21(28)23(30)19-4-2-3-5-20(19)26-22(29)27(23)17-10-8-16(24)9-11-17/h2-13,30H,14H2,1H3,(H,25,28)(H,26,29)/t23-/m0/s1. The molecule has 0 fully saturated rings. The smallest absolute Gasteiger partial charge is 0.329 e. The lowest BCUT2D eigenvalue weighted by atomic mass is 9.94. The number of carbonyl (C=O) groups is 2. The summed E-state index contributed by atoms with van der Waals surface area (Å²) < 4.78 is 5.14. The maximum absolute atomic E-state index is 13.3. The average Bonchev–Trinajstić information content (AvgIpc) is 2.79. The maximum atomic E-state index is 13.3. The first-order chi connectivity index (χ1) is 14.9. The molecule has 7 nitrogen and oxygen atoms in total. The molecule has 3 aromatic rings. The van der Waals surface area contributed by atoms with Crippen LogP contribution in [0.1, 0.15) is 11.1 Å². The molecular formula is C23H20ClN3O4. The van der Waals surface area contributed by atoms with Crippen molar-refractivity contribution in [2.24, 2.45) is 0 Å². The number of fused-ring (bicyclic) bond motifs is 1. The molecule has 0 saturated carbocycles. The summed E-state index contributed by atoms with van der Waals surface area (Å²) in [7, 11) is 1.57. The average molecular weight is 438 g/mol. The second kappa shape index (κ2) is 8.29. The van der Waals surface area contributed by atoms with Gasteiger partial charge in [-0.3, -0.25) is 9.69 Å². The molecular weight excluding hydrogens is 418 g/mol. The van der Waals surface area contributed by atoms with E-state index in [0.29, 0.717) is 22.1 Å². The Kier molecular flexibility index (Phi) is 5.54. The molecule has 158 valence electrons. The first kappa shape index (κ1) is 20.7. The van der Waals surface area contributed by atoms with Crippen molar-refractivity contribution in [3.8, 4) is 5.75 Å². The highest BCUT2D eigenvalue weighted by molar-refractivity contribution is 6.30. The van der Waals surface area contributed by atoms with Crippen molar-refractivity contribution < 1.29 is 19.4 Å². The number of methoxy groups -OCH3 is 1. The third-order valence-electron chi connectivity index (χ3n) is 5.08. The van der Waals surface area contributed by atoms with E-state index in [2.05, 4.69) is 10.6 Å². The highest BCUT2D eigenvalue weighted by Crippen LogP contribution is 2.40. The first-order valence-corrected chi connectivity index (χ1v) is 9.91. The van der Waals surface area contributed by atoms with Gasteiger partial charge in [-0.25, -0.2) is 4.79 Å². The minimum Gasteiger partial charge on any atom is -0.497 e. The first-order valence-electron chi connectivity index (χ1n) is 9.53. The second-order valence-electron chi connectivity index (χ2n) is 6.99. The number of urea groups is 1. The fourth-order valence-electron chi connectivity index (χ4n) is 3.50. The van der Waals surface area contributed by atoms with Gasteiger partial charge in [-0.05, 0) is 48.0 Å². The summed E-state index contributed by atoms with van der Waals surface area (Å²) in [5, 5.41) is 17.6. The number of aliphatic hydroxyl groups is 1. The number of nitrogens with one attached hydrogen (secondary N) is 2. The van der Waals surface area contributed by atoms with Crippen LogP contribution >= 0.6 is 11.6 Å². The van der Waals surface area contributed by atoms with Crippen molar-refractivity contribution in [1.29, 1.82) is 0 Å². The lowest BCUT2D eigenvalue weighted by Gasteiger charge is -2.42. The molecule has 1 aliphatic heterocycles. The number of amides is 3. The highest BCUT2D eigenvalue weighted by Gasteiger charge is 2.51. The Bertz CT molecular complexity index is 1120. The van der Waals surface area contributed by atoms with Gasteiger partial charge in [0.15, 0.2) is 0 Å². The summed E-state index contributed by atoms with van der Waals surface area (Å²) in [6, 6.07) is 19.5. The largest absolute Gasteiger partial charge is 0.497 e. The van der Waals surface area contributed by atoms with Crippen molar-refractivity contribution in [3.63, 3.8) is 0 Å². The minimum absolute atomic E-state index is 0.156. The fourth-order valence-corrected chi connectivity index (χ4v) is 3.63. The van der Waals surface area contributed by atoms with Gasteiger partial charge in [0.05, 0.1) is 12.8 Å². The normalized spacial score (nSPS) is 17.5.